The van der Waals surface area contributed by atoms with Gasteiger partial charge >= 0.3 is 0 Å². The number of hydrogen-bond acceptors (Lipinski definition) is 3. The molecular weight excluding hydrogens is 226 g/mol. The summed E-state index contributed by atoms with van der Waals surface area (Å²) in [5.41, 5.74) is 0. The Morgan fingerprint density at radius 2 is 1.88 bits per heavy atom. The van der Waals surface area contributed by atoms with Gasteiger partial charge in [-0.1, -0.05) is 26.0 Å². The SMILES string of the molecule is CC(C)C(=O)[C@@H]1C=CCN1S(=O)(=O)C(C)C. The standard InChI is InChI=1S/C11H19NO3S/c1-8(2)11(13)10-6-5-7-12(10)16(14,15)9(3)4/h5-6,8-10H,7H2,1-4H3/t10-/m0/s1. The number of carbonyl (C=O) groups is 1. The fourth-order valence-corrected chi connectivity index (χ4v) is 2.94. The highest BCUT2D eigenvalue weighted by atomic mass is 32.2. The first kappa shape index (κ1) is 13.4. The van der Waals surface area contributed by atoms with Crippen LogP contribution < -0.4 is 0 Å². The van der Waals surface area contributed by atoms with Crippen LogP contribution in [0.15, 0.2) is 12.2 Å². The predicted molar refractivity (Wildman–Crippen MR) is 63.5 cm³/mol. The highest BCUT2D eigenvalue weighted by molar-refractivity contribution is 7.89. The van der Waals surface area contributed by atoms with Gasteiger partial charge in [-0.15, -0.1) is 0 Å². The maximum Gasteiger partial charge on any atom is 0.217 e. The van der Waals surface area contributed by atoms with Gasteiger partial charge in [0.2, 0.25) is 10.0 Å². The largest absolute Gasteiger partial charge is 0.297 e. The number of rotatable bonds is 4. The number of carbonyl (C=O) groups excluding carboxylic acids is 1. The number of hydrogen-bond donors (Lipinski definition) is 0. The van der Waals surface area contributed by atoms with E-state index in [-0.39, 0.29) is 11.7 Å². The van der Waals surface area contributed by atoms with Gasteiger partial charge in [0.15, 0.2) is 5.78 Å². The number of sulfonamides is 1. The van der Waals surface area contributed by atoms with Gasteiger partial charge in [0.1, 0.15) is 6.04 Å². The predicted octanol–water partition coefficient (Wildman–Crippen LogP) is 1.19. The summed E-state index contributed by atoms with van der Waals surface area (Å²) in [4.78, 5) is 11.9. The molecule has 0 aromatic heterocycles. The molecule has 5 heteroatoms. The number of ketones is 1. The molecule has 0 saturated carbocycles. The molecule has 0 fully saturated rings. The van der Waals surface area contributed by atoms with E-state index in [0.717, 1.165) is 0 Å². The third-order valence-electron chi connectivity index (χ3n) is 2.70. The van der Waals surface area contributed by atoms with E-state index < -0.39 is 21.3 Å². The molecule has 0 aromatic carbocycles. The summed E-state index contributed by atoms with van der Waals surface area (Å²) in [7, 11) is -3.35. The molecule has 92 valence electrons. The zero-order chi connectivity index (χ0) is 12.5. The summed E-state index contributed by atoms with van der Waals surface area (Å²) in [6.07, 6.45) is 3.42. The van der Waals surface area contributed by atoms with Crippen LogP contribution in [0.4, 0.5) is 0 Å². The van der Waals surface area contributed by atoms with Crippen molar-refractivity contribution in [3.05, 3.63) is 12.2 Å². The van der Waals surface area contributed by atoms with Crippen molar-refractivity contribution in [2.45, 2.75) is 39.0 Å². The van der Waals surface area contributed by atoms with Crippen molar-refractivity contribution in [2.24, 2.45) is 5.92 Å². The molecule has 0 bridgehead atoms. The average molecular weight is 245 g/mol. The van der Waals surface area contributed by atoms with Gasteiger partial charge in [-0.05, 0) is 13.8 Å². The van der Waals surface area contributed by atoms with Crippen LogP contribution in [0, 0.1) is 5.92 Å². The summed E-state index contributed by atoms with van der Waals surface area (Å²) in [5, 5.41) is -0.491. The van der Waals surface area contributed by atoms with E-state index in [1.165, 1.54) is 4.31 Å². The minimum atomic E-state index is -3.35. The zero-order valence-corrected chi connectivity index (χ0v) is 11.0. The molecule has 4 nitrogen and oxygen atoms in total. The van der Waals surface area contributed by atoms with Crippen molar-refractivity contribution in [1.29, 1.82) is 0 Å². The summed E-state index contributed by atoms with van der Waals surface area (Å²) >= 11 is 0. The highest BCUT2D eigenvalue weighted by Gasteiger charge is 2.37. The van der Waals surface area contributed by atoms with E-state index in [4.69, 9.17) is 0 Å². The Morgan fingerprint density at radius 3 is 2.31 bits per heavy atom. The van der Waals surface area contributed by atoms with Crippen molar-refractivity contribution in [3.63, 3.8) is 0 Å². The second-order valence-corrected chi connectivity index (χ2v) is 7.04. The molecule has 1 aliphatic rings. The van der Waals surface area contributed by atoms with Gasteiger partial charge in [0, 0.05) is 12.5 Å². The quantitative estimate of drug-likeness (QED) is 0.699. The van der Waals surface area contributed by atoms with E-state index in [1.54, 1.807) is 39.8 Å². The smallest absolute Gasteiger partial charge is 0.217 e. The minimum Gasteiger partial charge on any atom is -0.297 e. The third kappa shape index (κ3) is 2.35. The Kier molecular flexibility index (Phi) is 3.91. The molecule has 1 atom stereocenters. The maximum absolute atomic E-state index is 12.0. The van der Waals surface area contributed by atoms with Crippen LogP contribution in [0.25, 0.3) is 0 Å². The lowest BCUT2D eigenvalue weighted by Crippen LogP contribution is -2.45. The van der Waals surface area contributed by atoms with Crippen molar-refractivity contribution < 1.29 is 13.2 Å². The Morgan fingerprint density at radius 1 is 1.31 bits per heavy atom. The van der Waals surface area contributed by atoms with Gasteiger partial charge in [0.25, 0.3) is 0 Å². The molecular formula is C11H19NO3S. The van der Waals surface area contributed by atoms with Crippen LogP contribution in [-0.4, -0.2) is 36.3 Å². The fourth-order valence-electron chi connectivity index (χ4n) is 1.61. The topological polar surface area (TPSA) is 54.5 Å². The van der Waals surface area contributed by atoms with Crippen molar-refractivity contribution in [1.82, 2.24) is 4.31 Å². The van der Waals surface area contributed by atoms with Crippen molar-refractivity contribution in [2.75, 3.05) is 6.54 Å². The van der Waals surface area contributed by atoms with Gasteiger partial charge in [-0.3, -0.25) is 4.79 Å². The summed E-state index contributed by atoms with van der Waals surface area (Å²) < 4.78 is 25.3. The second-order valence-electron chi connectivity index (χ2n) is 4.59. The number of Topliss-reactive ketones (excluding diaryl/α,β-unsaturated/α-hetero) is 1. The Balaban J connectivity index is 2.97. The van der Waals surface area contributed by atoms with Crippen LogP contribution in [0.2, 0.25) is 0 Å². The molecule has 1 heterocycles. The minimum absolute atomic E-state index is 0.0435. The molecule has 0 radical (unpaired) electrons. The zero-order valence-electron chi connectivity index (χ0n) is 10.2. The second kappa shape index (κ2) is 4.67. The first-order chi connectivity index (χ1) is 7.28. The molecule has 1 rings (SSSR count). The Labute approximate surface area is 97.4 Å². The summed E-state index contributed by atoms with van der Waals surface area (Å²) in [6.45, 7) is 7.14. The molecule has 0 N–H and O–H groups in total. The molecule has 0 unspecified atom stereocenters. The van der Waals surface area contributed by atoms with E-state index in [1.807, 2.05) is 0 Å². The fraction of sp³-hybridized carbons (Fsp3) is 0.727. The summed E-state index contributed by atoms with van der Waals surface area (Å²) in [5.74, 6) is -0.199. The molecule has 0 aromatic rings. The third-order valence-corrected chi connectivity index (χ3v) is 4.92. The van der Waals surface area contributed by atoms with Crippen LogP contribution in [-0.2, 0) is 14.8 Å². The van der Waals surface area contributed by atoms with E-state index >= 15 is 0 Å². The molecule has 16 heavy (non-hydrogen) atoms. The molecule has 1 aliphatic heterocycles. The Bertz CT molecular complexity index is 395. The molecule has 0 spiro atoms. The van der Waals surface area contributed by atoms with Gasteiger partial charge < -0.3 is 0 Å². The average Bonchev–Trinajstić information content (AvgIpc) is 2.64. The van der Waals surface area contributed by atoms with Crippen LogP contribution >= 0.6 is 0 Å². The van der Waals surface area contributed by atoms with Gasteiger partial charge in [0.05, 0.1) is 5.25 Å². The highest BCUT2D eigenvalue weighted by Crippen LogP contribution is 2.21. The number of nitrogens with zero attached hydrogens (tertiary/aromatic N) is 1. The molecule has 0 saturated heterocycles. The lowest BCUT2D eigenvalue weighted by molar-refractivity contribution is -0.124. The van der Waals surface area contributed by atoms with Gasteiger partial charge in [-0.2, -0.15) is 4.31 Å². The lowest BCUT2D eigenvalue weighted by Gasteiger charge is -2.25. The normalized spacial score (nSPS) is 22.2. The molecule has 0 amide bonds. The van der Waals surface area contributed by atoms with Crippen molar-refractivity contribution in [3.8, 4) is 0 Å². The molecule has 0 aliphatic carbocycles. The monoisotopic (exact) mass is 245 g/mol. The van der Waals surface area contributed by atoms with E-state index in [0.29, 0.717) is 6.54 Å². The first-order valence-corrected chi connectivity index (χ1v) is 7.00. The van der Waals surface area contributed by atoms with E-state index in [2.05, 4.69) is 0 Å². The van der Waals surface area contributed by atoms with Gasteiger partial charge in [-0.25, -0.2) is 8.42 Å². The van der Waals surface area contributed by atoms with Crippen LogP contribution in [0.5, 0.6) is 0 Å². The summed E-state index contributed by atoms with van der Waals surface area (Å²) in [6, 6.07) is -0.604. The van der Waals surface area contributed by atoms with E-state index in [9.17, 15) is 13.2 Å². The van der Waals surface area contributed by atoms with Crippen LogP contribution in [0.3, 0.4) is 0 Å². The Hall–Kier alpha value is -0.680. The van der Waals surface area contributed by atoms with Crippen LogP contribution in [0.1, 0.15) is 27.7 Å². The maximum atomic E-state index is 12.0. The van der Waals surface area contributed by atoms with Crippen molar-refractivity contribution >= 4 is 15.8 Å². The first-order valence-electron chi connectivity index (χ1n) is 5.49. The lowest BCUT2D eigenvalue weighted by atomic mass is 10.0.